The highest BCUT2D eigenvalue weighted by molar-refractivity contribution is 4.87. The lowest BCUT2D eigenvalue weighted by Crippen LogP contribution is -2.20. The maximum Gasteiger partial charge on any atom is 0.0672 e. The summed E-state index contributed by atoms with van der Waals surface area (Å²) in [5, 5.41) is 11.3. The van der Waals surface area contributed by atoms with Gasteiger partial charge >= 0.3 is 0 Å². The van der Waals surface area contributed by atoms with Gasteiger partial charge in [0.2, 0.25) is 0 Å². The van der Waals surface area contributed by atoms with Gasteiger partial charge in [-0.25, -0.2) is 0 Å². The van der Waals surface area contributed by atoms with Gasteiger partial charge in [0.15, 0.2) is 0 Å². The summed E-state index contributed by atoms with van der Waals surface area (Å²) < 4.78 is 5.23. The van der Waals surface area contributed by atoms with Crippen molar-refractivity contribution in [1.82, 2.24) is 5.32 Å². The Labute approximate surface area is 74.0 Å². The second-order valence-electron chi connectivity index (χ2n) is 2.67. The highest BCUT2D eigenvalue weighted by Gasteiger charge is 1.88. The molecule has 0 amide bonds. The van der Waals surface area contributed by atoms with Gasteiger partial charge in [-0.2, -0.15) is 5.26 Å². The van der Waals surface area contributed by atoms with E-state index >= 15 is 0 Å². The first-order chi connectivity index (χ1) is 5.77. The highest BCUT2D eigenvalue weighted by atomic mass is 16.5. The molecule has 0 aromatic carbocycles. The lowest BCUT2D eigenvalue weighted by atomic mass is 10.4. The molecular formula is C9H16N2O. The number of nitrogens with one attached hydrogen (secondary N) is 1. The molecule has 0 heterocycles. The number of nitriles is 1. The lowest BCUT2D eigenvalue weighted by molar-refractivity contribution is 0.158. The standard InChI is InChI=1S/C9H16N2O/c1-9(2)8-12-7-6-11-5-3-4-10/h11H,1,3,5-8H2,2H3. The lowest BCUT2D eigenvalue weighted by Gasteiger charge is -2.03. The molecule has 0 saturated carbocycles. The first kappa shape index (κ1) is 11.2. The third kappa shape index (κ3) is 9.15. The number of ether oxygens (including phenoxy) is 1. The molecule has 0 aliphatic rings. The van der Waals surface area contributed by atoms with E-state index in [1.165, 1.54) is 0 Å². The summed E-state index contributed by atoms with van der Waals surface area (Å²) >= 11 is 0. The number of rotatable bonds is 7. The van der Waals surface area contributed by atoms with Gasteiger partial charge in [0.1, 0.15) is 0 Å². The molecule has 3 nitrogen and oxygen atoms in total. The van der Waals surface area contributed by atoms with Gasteiger partial charge in [-0.05, 0) is 6.92 Å². The maximum absolute atomic E-state index is 8.21. The zero-order chi connectivity index (χ0) is 9.23. The molecule has 0 fully saturated rings. The fraction of sp³-hybridized carbons (Fsp3) is 0.667. The van der Waals surface area contributed by atoms with Crippen molar-refractivity contribution in [2.45, 2.75) is 13.3 Å². The minimum atomic E-state index is 0.556. The van der Waals surface area contributed by atoms with E-state index in [0.717, 1.165) is 18.7 Å². The van der Waals surface area contributed by atoms with E-state index in [9.17, 15) is 0 Å². The van der Waals surface area contributed by atoms with Crippen LogP contribution in [-0.2, 0) is 4.74 Å². The maximum atomic E-state index is 8.21. The molecule has 0 spiro atoms. The van der Waals surface area contributed by atoms with Crippen molar-refractivity contribution in [2.24, 2.45) is 0 Å². The van der Waals surface area contributed by atoms with Crippen LogP contribution < -0.4 is 5.32 Å². The first-order valence-electron chi connectivity index (χ1n) is 4.07. The normalized spacial score (nSPS) is 9.33. The first-order valence-corrected chi connectivity index (χ1v) is 4.07. The van der Waals surface area contributed by atoms with E-state index in [4.69, 9.17) is 10.00 Å². The summed E-state index contributed by atoms with van der Waals surface area (Å²) in [6, 6.07) is 2.06. The van der Waals surface area contributed by atoms with Crippen LogP contribution in [-0.4, -0.2) is 26.3 Å². The van der Waals surface area contributed by atoms with Crippen LogP contribution in [0.4, 0.5) is 0 Å². The molecule has 1 N–H and O–H groups in total. The average molecular weight is 168 g/mol. The Balaban J connectivity index is 2.92. The summed E-state index contributed by atoms with van der Waals surface area (Å²) in [5.74, 6) is 0. The van der Waals surface area contributed by atoms with Gasteiger partial charge in [0.25, 0.3) is 0 Å². The molecule has 0 radical (unpaired) electrons. The van der Waals surface area contributed by atoms with Crippen LogP contribution in [0.3, 0.4) is 0 Å². The Morgan fingerprint density at radius 3 is 2.92 bits per heavy atom. The predicted molar refractivity (Wildman–Crippen MR) is 48.7 cm³/mol. The van der Waals surface area contributed by atoms with Crippen LogP contribution in [0.2, 0.25) is 0 Å². The van der Waals surface area contributed by atoms with Crippen LogP contribution in [0.15, 0.2) is 12.2 Å². The predicted octanol–water partition coefficient (Wildman–Crippen LogP) is 1.08. The average Bonchev–Trinajstić information content (AvgIpc) is 2.02. The summed E-state index contributed by atoms with van der Waals surface area (Å²) in [5.41, 5.74) is 1.03. The van der Waals surface area contributed by atoms with Gasteiger partial charge in [0.05, 0.1) is 19.3 Å². The molecule has 0 aromatic rings. The Morgan fingerprint density at radius 1 is 1.58 bits per heavy atom. The third-order valence-corrected chi connectivity index (χ3v) is 1.19. The quantitative estimate of drug-likeness (QED) is 0.457. The Kier molecular flexibility index (Phi) is 7.66. The number of hydrogen-bond acceptors (Lipinski definition) is 3. The van der Waals surface area contributed by atoms with E-state index in [0.29, 0.717) is 19.6 Å². The molecule has 0 bridgehead atoms. The second kappa shape index (κ2) is 8.25. The Morgan fingerprint density at radius 2 is 2.33 bits per heavy atom. The summed E-state index contributed by atoms with van der Waals surface area (Å²) in [4.78, 5) is 0. The van der Waals surface area contributed by atoms with Crippen molar-refractivity contribution in [3.63, 3.8) is 0 Å². The molecule has 3 heteroatoms. The van der Waals surface area contributed by atoms with Crippen molar-refractivity contribution >= 4 is 0 Å². The third-order valence-electron chi connectivity index (χ3n) is 1.19. The molecular weight excluding hydrogens is 152 g/mol. The molecule has 0 saturated heterocycles. The van der Waals surface area contributed by atoms with Crippen LogP contribution in [0, 0.1) is 11.3 Å². The van der Waals surface area contributed by atoms with E-state index in [-0.39, 0.29) is 0 Å². The minimum Gasteiger partial charge on any atom is -0.376 e. The molecule has 0 aliphatic heterocycles. The van der Waals surface area contributed by atoms with Crippen molar-refractivity contribution in [3.05, 3.63) is 12.2 Å². The molecule has 0 unspecified atom stereocenters. The van der Waals surface area contributed by atoms with Gasteiger partial charge in [-0.15, -0.1) is 0 Å². The minimum absolute atomic E-state index is 0.556. The Hall–Kier alpha value is -0.850. The smallest absolute Gasteiger partial charge is 0.0672 e. The van der Waals surface area contributed by atoms with Gasteiger partial charge < -0.3 is 10.1 Å². The SMILES string of the molecule is C=C(C)COCCNCCC#N. The van der Waals surface area contributed by atoms with E-state index in [2.05, 4.69) is 18.0 Å². The van der Waals surface area contributed by atoms with E-state index < -0.39 is 0 Å². The molecule has 68 valence electrons. The van der Waals surface area contributed by atoms with Crippen LogP contribution in [0.25, 0.3) is 0 Å². The highest BCUT2D eigenvalue weighted by Crippen LogP contribution is 1.86. The van der Waals surface area contributed by atoms with Crippen LogP contribution in [0.5, 0.6) is 0 Å². The fourth-order valence-electron chi connectivity index (χ4n) is 0.660. The molecule has 12 heavy (non-hydrogen) atoms. The zero-order valence-electron chi connectivity index (χ0n) is 7.60. The summed E-state index contributed by atoms with van der Waals surface area (Å²) in [7, 11) is 0. The summed E-state index contributed by atoms with van der Waals surface area (Å²) in [6.07, 6.45) is 0.556. The van der Waals surface area contributed by atoms with Crippen LogP contribution >= 0.6 is 0 Å². The van der Waals surface area contributed by atoms with Crippen molar-refractivity contribution < 1.29 is 4.74 Å². The van der Waals surface area contributed by atoms with Crippen molar-refractivity contribution in [3.8, 4) is 6.07 Å². The topological polar surface area (TPSA) is 45.0 Å². The van der Waals surface area contributed by atoms with E-state index in [1.807, 2.05) is 6.92 Å². The number of nitrogens with zero attached hydrogens (tertiary/aromatic N) is 1. The zero-order valence-corrected chi connectivity index (χ0v) is 7.60. The monoisotopic (exact) mass is 168 g/mol. The van der Waals surface area contributed by atoms with Crippen molar-refractivity contribution in [2.75, 3.05) is 26.3 Å². The molecule has 0 rings (SSSR count). The van der Waals surface area contributed by atoms with Gasteiger partial charge in [-0.1, -0.05) is 12.2 Å². The number of hydrogen-bond donors (Lipinski definition) is 1. The molecule has 0 atom stereocenters. The Bertz CT molecular complexity index is 160. The summed E-state index contributed by atoms with van der Waals surface area (Å²) in [6.45, 7) is 8.49. The van der Waals surface area contributed by atoms with Crippen LogP contribution in [0.1, 0.15) is 13.3 Å². The molecule has 0 aromatic heterocycles. The fourth-order valence-corrected chi connectivity index (χ4v) is 0.660. The largest absolute Gasteiger partial charge is 0.376 e. The van der Waals surface area contributed by atoms with Gasteiger partial charge in [-0.3, -0.25) is 0 Å². The molecule has 0 aliphatic carbocycles. The van der Waals surface area contributed by atoms with E-state index in [1.54, 1.807) is 0 Å². The second-order valence-corrected chi connectivity index (χ2v) is 2.67. The van der Waals surface area contributed by atoms with Gasteiger partial charge in [0, 0.05) is 19.5 Å². The van der Waals surface area contributed by atoms with Crippen molar-refractivity contribution in [1.29, 1.82) is 5.26 Å².